The Labute approximate surface area is 120 Å². The molecule has 1 heterocycles. The molecule has 20 heavy (non-hydrogen) atoms. The largest absolute Gasteiger partial charge is 0.481 e. The van der Waals surface area contributed by atoms with E-state index >= 15 is 0 Å². The summed E-state index contributed by atoms with van der Waals surface area (Å²) in [6.45, 7) is 4.13. The van der Waals surface area contributed by atoms with Crippen molar-refractivity contribution >= 4 is 5.97 Å². The van der Waals surface area contributed by atoms with Gasteiger partial charge in [0.1, 0.15) is 0 Å². The van der Waals surface area contributed by atoms with Crippen LogP contribution in [0.2, 0.25) is 0 Å². The van der Waals surface area contributed by atoms with Gasteiger partial charge in [0.05, 0.1) is 5.92 Å². The number of hydrogen-bond acceptors (Lipinski definition) is 2. The molecule has 0 spiro atoms. The predicted octanol–water partition coefficient (Wildman–Crippen LogP) is 2.98. The van der Waals surface area contributed by atoms with Crippen molar-refractivity contribution in [2.75, 3.05) is 13.1 Å². The minimum atomic E-state index is -0.624. The molecule has 3 nitrogen and oxygen atoms in total. The number of carboxylic acids is 1. The predicted molar refractivity (Wildman–Crippen MR) is 78.7 cm³/mol. The van der Waals surface area contributed by atoms with Crippen LogP contribution in [0, 0.1) is 11.8 Å². The van der Waals surface area contributed by atoms with E-state index in [-0.39, 0.29) is 5.92 Å². The molecule has 1 aliphatic carbocycles. The summed E-state index contributed by atoms with van der Waals surface area (Å²) in [6, 6.07) is 11.3. The molecule has 1 aliphatic heterocycles. The molecule has 0 amide bonds. The van der Waals surface area contributed by atoms with Crippen LogP contribution >= 0.6 is 0 Å². The number of hydrogen-bond donors (Lipinski definition) is 1. The number of nitrogens with zero attached hydrogens (tertiary/aromatic N) is 1. The van der Waals surface area contributed by atoms with Gasteiger partial charge >= 0.3 is 5.97 Å². The van der Waals surface area contributed by atoms with Crippen molar-refractivity contribution in [3.05, 3.63) is 35.9 Å². The first-order chi connectivity index (χ1) is 9.66. The van der Waals surface area contributed by atoms with E-state index in [1.165, 1.54) is 12.0 Å². The molecule has 3 heteroatoms. The van der Waals surface area contributed by atoms with Gasteiger partial charge < -0.3 is 5.11 Å². The molecule has 1 aromatic carbocycles. The van der Waals surface area contributed by atoms with Gasteiger partial charge in [-0.2, -0.15) is 0 Å². The first kappa shape index (κ1) is 13.6. The van der Waals surface area contributed by atoms with Crippen molar-refractivity contribution in [2.45, 2.75) is 38.1 Å². The fourth-order valence-electron chi connectivity index (χ4n) is 3.89. The molecule has 4 atom stereocenters. The lowest BCUT2D eigenvalue weighted by molar-refractivity contribution is -0.144. The fourth-order valence-corrected chi connectivity index (χ4v) is 3.89. The second-order valence-electron chi connectivity index (χ2n) is 6.35. The third-order valence-corrected chi connectivity index (χ3v) is 5.24. The number of likely N-dealkylation sites (tertiary alicyclic amines) is 1. The molecule has 3 rings (SSSR count). The quantitative estimate of drug-likeness (QED) is 0.920. The Bertz CT molecular complexity index is 473. The van der Waals surface area contributed by atoms with Crippen molar-refractivity contribution in [3.8, 4) is 0 Å². The Morgan fingerprint density at radius 2 is 2.05 bits per heavy atom. The van der Waals surface area contributed by atoms with Crippen molar-refractivity contribution in [3.63, 3.8) is 0 Å². The van der Waals surface area contributed by atoms with E-state index in [1.807, 2.05) is 0 Å². The molecule has 108 valence electrons. The van der Waals surface area contributed by atoms with Crippen LogP contribution < -0.4 is 0 Å². The molecular formula is C17H23NO2. The maximum atomic E-state index is 11.2. The monoisotopic (exact) mass is 273 g/mol. The van der Waals surface area contributed by atoms with Gasteiger partial charge in [0.15, 0.2) is 0 Å². The standard InChI is InChI=1S/C17H23NO2/c1-12-15(13-6-3-2-4-7-13)10-16(12)18-9-5-8-14(11-18)17(19)20/h2-4,6-7,12,14-16H,5,8-11H2,1H3,(H,19,20). The van der Waals surface area contributed by atoms with Crippen LogP contribution in [-0.2, 0) is 4.79 Å². The van der Waals surface area contributed by atoms with E-state index in [2.05, 4.69) is 42.2 Å². The van der Waals surface area contributed by atoms with Crippen LogP contribution in [0.3, 0.4) is 0 Å². The molecular weight excluding hydrogens is 250 g/mol. The molecule has 1 saturated carbocycles. The molecule has 1 aromatic rings. The highest BCUT2D eigenvalue weighted by Gasteiger charge is 2.43. The summed E-state index contributed by atoms with van der Waals surface area (Å²) in [5.74, 6) is 0.490. The van der Waals surface area contributed by atoms with Crippen LogP contribution in [0.25, 0.3) is 0 Å². The summed E-state index contributed by atoms with van der Waals surface area (Å²) in [6.07, 6.45) is 3.04. The number of carbonyl (C=O) groups is 1. The molecule has 4 unspecified atom stereocenters. The summed E-state index contributed by atoms with van der Waals surface area (Å²) in [5.41, 5.74) is 1.43. The third-order valence-electron chi connectivity index (χ3n) is 5.24. The zero-order valence-electron chi connectivity index (χ0n) is 12.0. The highest BCUT2D eigenvalue weighted by molar-refractivity contribution is 5.70. The Balaban J connectivity index is 1.62. The van der Waals surface area contributed by atoms with E-state index in [0.717, 1.165) is 25.9 Å². The first-order valence-corrected chi connectivity index (χ1v) is 7.68. The van der Waals surface area contributed by atoms with Gasteiger partial charge in [0, 0.05) is 12.6 Å². The van der Waals surface area contributed by atoms with Gasteiger partial charge in [0.2, 0.25) is 0 Å². The van der Waals surface area contributed by atoms with Gasteiger partial charge in [-0.1, -0.05) is 37.3 Å². The van der Waals surface area contributed by atoms with E-state index in [9.17, 15) is 9.90 Å². The minimum Gasteiger partial charge on any atom is -0.481 e. The summed E-state index contributed by atoms with van der Waals surface area (Å²) in [4.78, 5) is 13.6. The van der Waals surface area contributed by atoms with Crippen LogP contribution in [0.1, 0.15) is 37.7 Å². The fraction of sp³-hybridized carbons (Fsp3) is 0.588. The second-order valence-corrected chi connectivity index (χ2v) is 6.35. The molecule has 0 radical (unpaired) electrons. The third kappa shape index (κ3) is 2.47. The normalized spacial score (nSPS) is 34.5. The van der Waals surface area contributed by atoms with Gasteiger partial charge in [-0.3, -0.25) is 9.69 Å². The highest BCUT2D eigenvalue weighted by atomic mass is 16.4. The van der Waals surface area contributed by atoms with Crippen LogP contribution in [0.4, 0.5) is 0 Å². The average Bonchev–Trinajstić information content (AvgIpc) is 2.47. The van der Waals surface area contributed by atoms with Crippen LogP contribution in [0.5, 0.6) is 0 Å². The maximum absolute atomic E-state index is 11.2. The van der Waals surface area contributed by atoms with E-state index in [0.29, 0.717) is 17.9 Å². The van der Waals surface area contributed by atoms with Gasteiger partial charge in [0.25, 0.3) is 0 Å². The number of aliphatic carboxylic acids is 1. The lowest BCUT2D eigenvalue weighted by Gasteiger charge is -2.51. The lowest BCUT2D eigenvalue weighted by atomic mass is 9.66. The summed E-state index contributed by atoms with van der Waals surface area (Å²) in [5, 5.41) is 9.20. The molecule has 1 saturated heterocycles. The van der Waals surface area contributed by atoms with E-state index in [4.69, 9.17) is 0 Å². The Kier molecular flexibility index (Phi) is 3.79. The van der Waals surface area contributed by atoms with E-state index < -0.39 is 5.97 Å². The maximum Gasteiger partial charge on any atom is 0.307 e. The molecule has 0 bridgehead atoms. The zero-order valence-corrected chi connectivity index (χ0v) is 12.0. The van der Waals surface area contributed by atoms with Crippen molar-refractivity contribution in [2.24, 2.45) is 11.8 Å². The SMILES string of the molecule is CC1C(c2ccccc2)CC1N1CCCC(C(=O)O)C1. The molecule has 2 fully saturated rings. The van der Waals surface area contributed by atoms with E-state index in [1.54, 1.807) is 0 Å². The Morgan fingerprint density at radius 3 is 2.70 bits per heavy atom. The highest BCUT2D eigenvalue weighted by Crippen LogP contribution is 2.45. The summed E-state index contributed by atoms with van der Waals surface area (Å²) < 4.78 is 0. The smallest absolute Gasteiger partial charge is 0.307 e. The Hall–Kier alpha value is -1.35. The Morgan fingerprint density at radius 1 is 1.30 bits per heavy atom. The van der Waals surface area contributed by atoms with Gasteiger partial charge in [-0.15, -0.1) is 0 Å². The number of benzene rings is 1. The van der Waals surface area contributed by atoms with Gasteiger partial charge in [-0.25, -0.2) is 0 Å². The first-order valence-electron chi connectivity index (χ1n) is 7.68. The van der Waals surface area contributed by atoms with Gasteiger partial charge in [-0.05, 0) is 43.2 Å². The number of piperidine rings is 1. The summed E-state index contributed by atoms with van der Waals surface area (Å²) >= 11 is 0. The number of rotatable bonds is 3. The average molecular weight is 273 g/mol. The summed E-state index contributed by atoms with van der Waals surface area (Å²) in [7, 11) is 0. The van der Waals surface area contributed by atoms with Crippen molar-refractivity contribution < 1.29 is 9.90 Å². The second kappa shape index (κ2) is 5.57. The number of carboxylic acid groups (broad SMARTS) is 1. The molecule has 2 aliphatic rings. The topological polar surface area (TPSA) is 40.5 Å². The minimum absolute atomic E-state index is 0.160. The zero-order chi connectivity index (χ0) is 14.1. The van der Waals surface area contributed by atoms with Crippen LogP contribution in [0.15, 0.2) is 30.3 Å². The lowest BCUT2D eigenvalue weighted by Crippen LogP contribution is -2.54. The molecule has 1 N–H and O–H groups in total. The van der Waals surface area contributed by atoms with Crippen LogP contribution in [-0.4, -0.2) is 35.1 Å². The molecule has 0 aromatic heterocycles. The van der Waals surface area contributed by atoms with Crippen molar-refractivity contribution in [1.82, 2.24) is 4.90 Å². The van der Waals surface area contributed by atoms with Crippen molar-refractivity contribution in [1.29, 1.82) is 0 Å².